The summed E-state index contributed by atoms with van der Waals surface area (Å²) in [5.41, 5.74) is 4.84. The molecule has 5 rings (SSSR count). The number of hydrogen-bond donors (Lipinski definition) is 0. The Morgan fingerprint density at radius 2 is 1.44 bits per heavy atom. The van der Waals surface area contributed by atoms with Gasteiger partial charge in [-0.15, -0.1) is 0 Å². The van der Waals surface area contributed by atoms with Crippen LogP contribution in [0.5, 0.6) is 0 Å². The van der Waals surface area contributed by atoms with E-state index >= 15 is 4.39 Å². The highest BCUT2D eigenvalue weighted by Crippen LogP contribution is 2.33. The molecule has 2 atom stereocenters. The van der Waals surface area contributed by atoms with Gasteiger partial charge in [0.05, 0.1) is 0 Å². The van der Waals surface area contributed by atoms with Gasteiger partial charge in [0, 0.05) is 35.3 Å². The van der Waals surface area contributed by atoms with Gasteiger partial charge in [-0.3, -0.25) is 0 Å². The van der Waals surface area contributed by atoms with Crippen LogP contribution in [0, 0.1) is 5.82 Å². The van der Waals surface area contributed by atoms with Crippen molar-refractivity contribution in [3.63, 3.8) is 0 Å². The highest BCUT2D eigenvalue weighted by atomic mass is 35.5. The van der Waals surface area contributed by atoms with Crippen molar-refractivity contribution in [3.8, 4) is 11.1 Å². The van der Waals surface area contributed by atoms with E-state index in [0.29, 0.717) is 17.0 Å². The highest BCUT2D eigenvalue weighted by molar-refractivity contribution is 6.30. The lowest BCUT2D eigenvalue weighted by atomic mass is 9.85. The zero-order chi connectivity index (χ0) is 25.1. The van der Waals surface area contributed by atoms with E-state index in [4.69, 9.17) is 11.6 Å². The fourth-order valence-electron chi connectivity index (χ4n) is 4.97. The summed E-state index contributed by atoms with van der Waals surface area (Å²) < 4.78 is 15.2. The van der Waals surface area contributed by atoms with Crippen LogP contribution in [0.4, 0.5) is 10.1 Å². The molecule has 3 heteroatoms. The van der Waals surface area contributed by atoms with Crippen molar-refractivity contribution < 1.29 is 4.39 Å². The quantitative estimate of drug-likeness (QED) is 0.218. The van der Waals surface area contributed by atoms with Crippen LogP contribution in [0.15, 0.2) is 115 Å². The summed E-state index contributed by atoms with van der Waals surface area (Å²) in [5, 5.41) is 3.16. The molecule has 0 aromatic heterocycles. The van der Waals surface area contributed by atoms with Crippen LogP contribution in [0.3, 0.4) is 0 Å². The maximum atomic E-state index is 15.2. The van der Waals surface area contributed by atoms with Gasteiger partial charge in [0.2, 0.25) is 0 Å². The zero-order valence-corrected chi connectivity index (χ0v) is 21.3. The van der Waals surface area contributed by atoms with Gasteiger partial charge in [0.25, 0.3) is 0 Å². The molecule has 180 valence electrons. The third-order valence-corrected chi connectivity index (χ3v) is 7.46. The van der Waals surface area contributed by atoms with Gasteiger partial charge in [0.15, 0.2) is 0 Å². The van der Waals surface area contributed by atoms with Gasteiger partial charge in [0.1, 0.15) is 5.82 Å². The summed E-state index contributed by atoms with van der Waals surface area (Å²) in [6, 6.07) is 38.5. The van der Waals surface area contributed by atoms with E-state index in [0.717, 1.165) is 16.8 Å². The second-order valence-electron chi connectivity index (χ2n) is 9.43. The van der Waals surface area contributed by atoms with Crippen molar-refractivity contribution in [2.24, 2.45) is 0 Å². The number of fused-ring (bicyclic) bond motifs is 1. The van der Waals surface area contributed by atoms with Gasteiger partial charge in [-0.1, -0.05) is 96.5 Å². The molecule has 0 amide bonds. The lowest BCUT2D eigenvalue weighted by Gasteiger charge is -2.34. The molecule has 0 saturated carbocycles. The van der Waals surface area contributed by atoms with Crippen LogP contribution >= 0.6 is 11.6 Å². The molecule has 0 aliphatic carbocycles. The summed E-state index contributed by atoms with van der Waals surface area (Å²) in [6.45, 7) is 2.24. The van der Waals surface area contributed by atoms with Crippen molar-refractivity contribution in [1.29, 1.82) is 0 Å². The lowest BCUT2D eigenvalue weighted by molar-refractivity contribution is 0.537. The Kier molecular flexibility index (Phi) is 7.06. The molecule has 36 heavy (non-hydrogen) atoms. The normalized spacial score (nSPS) is 12.9. The maximum absolute atomic E-state index is 15.2. The molecule has 5 aromatic rings. The molecule has 0 aliphatic rings. The predicted octanol–water partition coefficient (Wildman–Crippen LogP) is 9.15. The molecular weight excluding hydrogens is 465 g/mol. The third-order valence-electron chi connectivity index (χ3n) is 7.21. The van der Waals surface area contributed by atoms with Crippen molar-refractivity contribution >= 4 is 28.1 Å². The van der Waals surface area contributed by atoms with Gasteiger partial charge >= 0.3 is 0 Å². The second kappa shape index (κ2) is 10.6. The standard InChI is InChI=1S/C33H29ClFN/c1-23(36(2)30-18-15-25-8-6-7-11-28(25)22-30)32(27-13-16-29(34)17-14-27)20-24-12-19-31(33(35)21-24)26-9-4-3-5-10-26/h3-19,21-23,32H,20H2,1-2H3. The Morgan fingerprint density at radius 1 is 0.750 bits per heavy atom. The molecule has 0 spiro atoms. The number of benzene rings is 5. The van der Waals surface area contributed by atoms with E-state index < -0.39 is 0 Å². The largest absolute Gasteiger partial charge is 0.371 e. The first-order valence-corrected chi connectivity index (χ1v) is 12.7. The van der Waals surface area contributed by atoms with Crippen molar-refractivity contribution in [3.05, 3.63) is 137 Å². The summed E-state index contributed by atoms with van der Waals surface area (Å²) >= 11 is 6.21. The summed E-state index contributed by atoms with van der Waals surface area (Å²) in [7, 11) is 2.14. The number of likely N-dealkylation sites (N-methyl/N-ethyl adjacent to an activating group) is 1. The molecule has 0 radical (unpaired) electrons. The zero-order valence-electron chi connectivity index (χ0n) is 20.5. The van der Waals surface area contributed by atoms with Crippen molar-refractivity contribution in [2.75, 3.05) is 11.9 Å². The molecule has 0 fully saturated rings. The molecular formula is C33H29ClFN. The van der Waals surface area contributed by atoms with E-state index in [2.05, 4.69) is 79.5 Å². The second-order valence-corrected chi connectivity index (χ2v) is 9.86. The molecule has 0 N–H and O–H groups in total. The smallest absolute Gasteiger partial charge is 0.131 e. The number of hydrogen-bond acceptors (Lipinski definition) is 1. The van der Waals surface area contributed by atoms with E-state index in [1.807, 2.05) is 48.5 Å². The SMILES string of the molecule is CC(C(Cc1ccc(-c2ccccc2)c(F)c1)c1ccc(Cl)cc1)N(C)c1ccc2ccccc2c1. The summed E-state index contributed by atoms with van der Waals surface area (Å²) in [5.74, 6) is -0.0511. The van der Waals surface area contributed by atoms with E-state index in [9.17, 15) is 0 Å². The predicted molar refractivity (Wildman–Crippen MR) is 152 cm³/mol. The van der Waals surface area contributed by atoms with Crippen LogP contribution < -0.4 is 4.90 Å². The van der Waals surface area contributed by atoms with Crippen LogP contribution in [-0.2, 0) is 6.42 Å². The van der Waals surface area contributed by atoms with E-state index in [1.165, 1.54) is 16.3 Å². The molecule has 0 bridgehead atoms. The Labute approximate surface area is 217 Å². The Balaban J connectivity index is 1.46. The Bertz CT molecular complexity index is 1460. The van der Waals surface area contributed by atoms with Gasteiger partial charge in [-0.05, 0) is 71.1 Å². The molecule has 0 aliphatic heterocycles. The summed E-state index contributed by atoms with van der Waals surface area (Å²) in [4.78, 5) is 2.32. The fourth-order valence-corrected chi connectivity index (χ4v) is 5.10. The molecule has 5 aromatic carbocycles. The molecule has 2 unspecified atom stereocenters. The highest BCUT2D eigenvalue weighted by Gasteiger charge is 2.24. The topological polar surface area (TPSA) is 3.24 Å². The first kappa shape index (κ1) is 24.1. The van der Waals surface area contributed by atoms with Crippen LogP contribution in [0.25, 0.3) is 21.9 Å². The van der Waals surface area contributed by atoms with Gasteiger partial charge < -0.3 is 4.90 Å². The molecule has 0 saturated heterocycles. The monoisotopic (exact) mass is 493 g/mol. The first-order valence-electron chi connectivity index (χ1n) is 12.3. The van der Waals surface area contributed by atoms with E-state index in [-0.39, 0.29) is 17.8 Å². The van der Waals surface area contributed by atoms with Crippen molar-refractivity contribution in [1.82, 2.24) is 0 Å². The Morgan fingerprint density at radius 3 is 2.17 bits per heavy atom. The Hall–Kier alpha value is -3.62. The van der Waals surface area contributed by atoms with Gasteiger partial charge in [-0.2, -0.15) is 0 Å². The third kappa shape index (κ3) is 5.15. The van der Waals surface area contributed by atoms with Crippen LogP contribution in [0.1, 0.15) is 24.0 Å². The first-order chi connectivity index (χ1) is 17.5. The minimum Gasteiger partial charge on any atom is -0.371 e. The fraction of sp³-hybridized carbons (Fsp3) is 0.152. The number of rotatable bonds is 7. The van der Waals surface area contributed by atoms with Crippen LogP contribution in [0.2, 0.25) is 5.02 Å². The number of halogens is 2. The number of nitrogens with zero attached hydrogens (tertiary/aromatic N) is 1. The average Bonchev–Trinajstić information content (AvgIpc) is 2.92. The average molecular weight is 494 g/mol. The minimum atomic E-state index is -0.191. The number of anilines is 1. The maximum Gasteiger partial charge on any atom is 0.131 e. The van der Waals surface area contributed by atoms with E-state index in [1.54, 1.807) is 6.07 Å². The summed E-state index contributed by atoms with van der Waals surface area (Å²) in [6.07, 6.45) is 0.715. The van der Waals surface area contributed by atoms with Crippen molar-refractivity contribution in [2.45, 2.75) is 25.3 Å². The minimum absolute atomic E-state index is 0.140. The van der Waals surface area contributed by atoms with Gasteiger partial charge in [-0.25, -0.2) is 4.39 Å². The van der Waals surface area contributed by atoms with Crippen LogP contribution in [-0.4, -0.2) is 13.1 Å². The molecule has 1 nitrogen and oxygen atoms in total. The molecule has 0 heterocycles. The lowest BCUT2D eigenvalue weighted by Crippen LogP contribution is -2.35.